The van der Waals surface area contributed by atoms with Crippen molar-refractivity contribution in [3.8, 4) is 0 Å². The van der Waals surface area contributed by atoms with E-state index in [4.69, 9.17) is 11.6 Å². The molecule has 0 unspecified atom stereocenters. The predicted molar refractivity (Wildman–Crippen MR) is 103 cm³/mol. The summed E-state index contributed by atoms with van der Waals surface area (Å²) in [5.74, 6) is -0.0872. The molecule has 7 heteroatoms. The summed E-state index contributed by atoms with van der Waals surface area (Å²) in [5, 5.41) is 1.78. The fourth-order valence-corrected chi connectivity index (χ4v) is 4.97. The summed E-state index contributed by atoms with van der Waals surface area (Å²) in [4.78, 5) is 15.2. The molecule has 0 radical (unpaired) electrons. The van der Waals surface area contributed by atoms with Crippen LogP contribution < -0.4 is 4.90 Å². The van der Waals surface area contributed by atoms with E-state index in [1.54, 1.807) is 29.2 Å². The van der Waals surface area contributed by atoms with Crippen molar-refractivity contribution in [2.24, 2.45) is 0 Å². The number of amides is 1. The van der Waals surface area contributed by atoms with E-state index in [1.807, 2.05) is 36.4 Å². The van der Waals surface area contributed by atoms with Crippen molar-refractivity contribution >= 4 is 44.8 Å². The monoisotopic (exact) mass is 393 g/mol. The first-order chi connectivity index (χ1) is 12.0. The number of thioether (sulfide) groups is 1. The molecule has 1 aliphatic rings. The predicted octanol–water partition coefficient (Wildman–Crippen LogP) is 3.78. The van der Waals surface area contributed by atoms with Gasteiger partial charge in [0.25, 0.3) is 0 Å². The summed E-state index contributed by atoms with van der Waals surface area (Å²) in [7, 11) is -3.26. The van der Waals surface area contributed by atoms with Gasteiger partial charge in [0.1, 0.15) is 0 Å². The van der Waals surface area contributed by atoms with Crippen LogP contribution in [0.15, 0.2) is 71.0 Å². The number of carbonyl (C=O) groups is 1. The van der Waals surface area contributed by atoms with Crippen LogP contribution in [0.3, 0.4) is 0 Å². The quantitative estimate of drug-likeness (QED) is 0.725. The number of carbonyl (C=O) groups excluding carboxylic acids is 1. The van der Waals surface area contributed by atoms with Crippen molar-refractivity contribution in [2.45, 2.75) is 10.9 Å². The van der Waals surface area contributed by atoms with Crippen LogP contribution >= 0.6 is 23.4 Å². The van der Waals surface area contributed by atoms with Crippen molar-refractivity contribution in [3.63, 3.8) is 0 Å². The Morgan fingerprint density at radius 2 is 1.80 bits per heavy atom. The van der Waals surface area contributed by atoms with E-state index >= 15 is 0 Å². The molecule has 2 aromatic rings. The highest BCUT2D eigenvalue weighted by Gasteiger charge is 2.31. The molecule has 0 fully saturated rings. The molecule has 0 spiro atoms. The first kappa shape index (κ1) is 18.0. The van der Waals surface area contributed by atoms with Crippen LogP contribution in [0, 0.1) is 0 Å². The van der Waals surface area contributed by atoms with Crippen LogP contribution in [-0.4, -0.2) is 31.9 Å². The number of halogens is 1. The third-order valence-corrected chi connectivity index (χ3v) is 6.61. The molecular weight excluding hydrogens is 378 g/mol. The second-order valence-electron chi connectivity index (χ2n) is 5.54. The SMILES string of the molecule is O=C(CSc1ccccc1Cl)N(c1ccccc1)[C@@H]1C=CS(=O)(=O)C1. The Labute approximate surface area is 156 Å². The molecule has 4 nitrogen and oxygen atoms in total. The number of sulfone groups is 1. The van der Waals surface area contributed by atoms with Crippen molar-refractivity contribution < 1.29 is 13.2 Å². The molecule has 0 bridgehead atoms. The van der Waals surface area contributed by atoms with E-state index < -0.39 is 15.9 Å². The number of nitrogens with zero attached hydrogens (tertiary/aromatic N) is 1. The number of anilines is 1. The second kappa shape index (κ2) is 7.64. The molecular formula is C18H16ClNO3S2. The van der Waals surface area contributed by atoms with Gasteiger partial charge in [-0.15, -0.1) is 11.8 Å². The molecule has 0 aliphatic carbocycles. The zero-order valence-corrected chi connectivity index (χ0v) is 15.6. The molecule has 0 saturated carbocycles. The summed E-state index contributed by atoms with van der Waals surface area (Å²) >= 11 is 7.47. The molecule has 2 aromatic carbocycles. The lowest BCUT2D eigenvalue weighted by atomic mass is 10.2. The van der Waals surface area contributed by atoms with Gasteiger partial charge in [0.15, 0.2) is 9.84 Å². The lowest BCUT2D eigenvalue weighted by molar-refractivity contribution is -0.116. The maximum Gasteiger partial charge on any atom is 0.237 e. The average Bonchev–Trinajstić information content (AvgIpc) is 2.95. The summed E-state index contributed by atoms with van der Waals surface area (Å²) < 4.78 is 23.6. The number of rotatable bonds is 5. The minimum Gasteiger partial charge on any atom is -0.304 e. The van der Waals surface area contributed by atoms with E-state index in [2.05, 4.69) is 0 Å². The van der Waals surface area contributed by atoms with Gasteiger partial charge in [0.05, 0.1) is 22.6 Å². The van der Waals surface area contributed by atoms with E-state index in [0.717, 1.165) is 4.90 Å². The minimum atomic E-state index is -3.26. The number of benzene rings is 2. The van der Waals surface area contributed by atoms with Gasteiger partial charge in [-0.05, 0) is 30.3 Å². The summed E-state index contributed by atoms with van der Waals surface area (Å²) in [6, 6.07) is 15.9. The van der Waals surface area contributed by atoms with Crippen LogP contribution in [0.1, 0.15) is 0 Å². The fraction of sp³-hybridized carbons (Fsp3) is 0.167. The van der Waals surface area contributed by atoms with Gasteiger partial charge < -0.3 is 4.90 Å². The van der Waals surface area contributed by atoms with Crippen molar-refractivity contribution in [1.82, 2.24) is 0 Å². The van der Waals surface area contributed by atoms with E-state index in [0.29, 0.717) is 10.7 Å². The summed E-state index contributed by atoms with van der Waals surface area (Å²) in [6.45, 7) is 0. The zero-order chi connectivity index (χ0) is 17.9. The van der Waals surface area contributed by atoms with Crippen molar-refractivity contribution in [3.05, 3.63) is 71.1 Å². The van der Waals surface area contributed by atoms with E-state index in [1.165, 1.54) is 17.2 Å². The largest absolute Gasteiger partial charge is 0.304 e. The Kier molecular flexibility index (Phi) is 5.51. The van der Waals surface area contributed by atoms with Gasteiger partial charge in [-0.1, -0.05) is 41.9 Å². The average molecular weight is 394 g/mol. The fourth-order valence-electron chi connectivity index (χ4n) is 2.60. The first-order valence-corrected chi connectivity index (χ1v) is 10.7. The number of hydrogen-bond acceptors (Lipinski definition) is 4. The Morgan fingerprint density at radius 1 is 1.12 bits per heavy atom. The molecule has 0 saturated heterocycles. The molecule has 1 aliphatic heterocycles. The normalized spacial score (nSPS) is 18.2. The van der Waals surface area contributed by atoms with Gasteiger partial charge in [-0.25, -0.2) is 8.42 Å². The smallest absolute Gasteiger partial charge is 0.237 e. The Morgan fingerprint density at radius 3 is 2.44 bits per heavy atom. The molecule has 1 atom stereocenters. The second-order valence-corrected chi connectivity index (χ2v) is 8.90. The number of para-hydroxylation sites is 1. The lowest BCUT2D eigenvalue weighted by Gasteiger charge is -2.27. The van der Waals surface area contributed by atoms with Gasteiger partial charge in [0, 0.05) is 16.0 Å². The first-order valence-electron chi connectivity index (χ1n) is 7.62. The highest BCUT2D eigenvalue weighted by atomic mass is 35.5. The van der Waals surface area contributed by atoms with E-state index in [9.17, 15) is 13.2 Å². The molecule has 3 rings (SSSR count). The summed E-state index contributed by atoms with van der Waals surface area (Å²) in [5.41, 5.74) is 0.680. The highest BCUT2D eigenvalue weighted by molar-refractivity contribution is 8.00. The standard InChI is InChI=1S/C18H16ClNO3S2/c19-16-8-4-5-9-17(16)24-12-18(21)20(14-6-2-1-3-7-14)15-10-11-25(22,23)13-15/h1-11,15H,12-13H2/t15-/m1/s1. The number of hydrogen-bond donors (Lipinski definition) is 0. The molecule has 1 amide bonds. The minimum absolute atomic E-state index is 0.0929. The van der Waals surface area contributed by atoms with Crippen LogP contribution in [0.25, 0.3) is 0 Å². The molecule has 25 heavy (non-hydrogen) atoms. The Bertz CT molecular complexity index is 898. The zero-order valence-electron chi connectivity index (χ0n) is 13.2. The molecule has 0 N–H and O–H groups in total. The maximum absolute atomic E-state index is 12.9. The molecule has 1 heterocycles. The van der Waals surface area contributed by atoms with Crippen LogP contribution in [-0.2, 0) is 14.6 Å². The molecule has 130 valence electrons. The summed E-state index contributed by atoms with van der Waals surface area (Å²) in [6.07, 6.45) is 1.57. The van der Waals surface area contributed by atoms with Crippen LogP contribution in [0.2, 0.25) is 5.02 Å². The van der Waals surface area contributed by atoms with E-state index in [-0.39, 0.29) is 17.4 Å². The lowest BCUT2D eigenvalue weighted by Crippen LogP contribution is -2.42. The third-order valence-electron chi connectivity index (χ3n) is 3.73. The van der Waals surface area contributed by atoms with Gasteiger partial charge in [0.2, 0.25) is 5.91 Å². The van der Waals surface area contributed by atoms with Gasteiger partial charge in [-0.3, -0.25) is 4.79 Å². The molecule has 0 aromatic heterocycles. The van der Waals surface area contributed by atoms with Gasteiger partial charge in [-0.2, -0.15) is 0 Å². The maximum atomic E-state index is 12.9. The topological polar surface area (TPSA) is 54.5 Å². The van der Waals surface area contributed by atoms with Crippen LogP contribution in [0.4, 0.5) is 5.69 Å². The van der Waals surface area contributed by atoms with Crippen LogP contribution in [0.5, 0.6) is 0 Å². The highest BCUT2D eigenvalue weighted by Crippen LogP contribution is 2.29. The van der Waals surface area contributed by atoms with Crippen molar-refractivity contribution in [1.29, 1.82) is 0 Å². The van der Waals surface area contributed by atoms with Gasteiger partial charge >= 0.3 is 0 Å². The van der Waals surface area contributed by atoms with Crippen molar-refractivity contribution in [2.75, 3.05) is 16.4 Å². The Hall–Kier alpha value is -1.76. The Balaban J connectivity index is 1.81. The third kappa shape index (κ3) is 4.45.